The molecule has 4 aromatic rings. The summed E-state index contributed by atoms with van der Waals surface area (Å²) >= 11 is 0. The van der Waals surface area contributed by atoms with E-state index in [1.165, 1.54) is 109 Å². The molecule has 0 aliphatic rings. The minimum absolute atomic E-state index is 0.137. The highest BCUT2D eigenvalue weighted by Crippen LogP contribution is 2.47. The molecule has 0 N–H and O–H groups in total. The topological polar surface area (TPSA) is 213 Å². The van der Waals surface area contributed by atoms with Crippen LogP contribution in [-0.4, -0.2) is 115 Å². The average Bonchev–Trinajstić information content (AvgIpc) is 0.727. The number of esters is 6. The van der Waals surface area contributed by atoms with E-state index < -0.39 is 35.8 Å². The first-order valence-electron chi connectivity index (χ1n) is 35.3. The van der Waals surface area contributed by atoms with Crippen molar-refractivity contribution in [2.24, 2.45) is 0 Å². The van der Waals surface area contributed by atoms with Crippen molar-refractivity contribution in [1.82, 2.24) is 0 Å². The van der Waals surface area contributed by atoms with Gasteiger partial charge in [-0.25, -0.2) is 28.8 Å². The van der Waals surface area contributed by atoms with Gasteiger partial charge in [0, 0.05) is 76.1 Å². The molecule has 0 amide bonds. The Morgan fingerprint density at radius 1 is 0.229 bits per heavy atom. The fourth-order valence-electron chi connectivity index (χ4n) is 9.91. The third-order valence-electron chi connectivity index (χ3n) is 15.0. The molecule has 4 rings (SSSR count). The van der Waals surface area contributed by atoms with Crippen molar-refractivity contribution in [3.63, 3.8) is 0 Å². The van der Waals surface area contributed by atoms with E-state index in [0.29, 0.717) is 72.0 Å². The zero-order valence-corrected chi connectivity index (χ0v) is 58.2. The number of carbonyl (C=O) groups is 6. The molecule has 96 heavy (non-hydrogen) atoms. The van der Waals surface area contributed by atoms with Crippen LogP contribution in [0.15, 0.2) is 109 Å². The minimum Gasteiger partial charge on any atom is -0.419 e. The molecule has 0 fully saturated rings. The van der Waals surface area contributed by atoms with Crippen LogP contribution < -0.4 is 28.4 Å². The number of ether oxygens (including phenoxy) is 12. The van der Waals surface area contributed by atoms with Gasteiger partial charge in [-0.2, -0.15) is 0 Å². The summed E-state index contributed by atoms with van der Waals surface area (Å²) in [6, 6.07) is 8.92. The molecule has 0 aromatic heterocycles. The fraction of sp³-hybridized carbons (Fsp3) is 0.538. The van der Waals surface area contributed by atoms with Crippen LogP contribution in [0.4, 0.5) is 0 Å². The van der Waals surface area contributed by atoms with E-state index >= 15 is 0 Å². The fourth-order valence-corrected chi connectivity index (χ4v) is 9.91. The molecule has 0 heterocycles. The van der Waals surface area contributed by atoms with Crippen molar-refractivity contribution in [1.29, 1.82) is 0 Å². The molecule has 528 valence electrons. The van der Waals surface area contributed by atoms with E-state index in [4.69, 9.17) is 56.8 Å². The number of fused-ring (bicyclic) bond motifs is 6. The van der Waals surface area contributed by atoms with E-state index in [0.717, 1.165) is 154 Å². The Kier molecular flexibility index (Phi) is 43.8. The summed E-state index contributed by atoms with van der Waals surface area (Å²) < 4.78 is 70.7. The standard InChI is InChI=1S/C78H108O18/c1-7-13-19-25-43-85-49-31-37-73(79)91-67-55-61-62(56-68(67)92-74(80)38-32-50-86-44-26-20-14-8-2)64-58-70(94-76(82)40-34-52-88-46-28-22-16-10-4)72(96-78(84)42-36-54-90-48-30-24-18-12-6)60-66(64)65-59-71(95-77(83)41-35-53-89-47-29-23-17-11-5)69(57-63(61)65)93-75(81)39-33-51-87-45-27-21-15-9-3/h31-42,55-60H,7-30,43-54H2,1-6H3. The quantitative estimate of drug-likeness (QED) is 0.0132. The SMILES string of the molecule is CCCCCCOCC=CC(=O)Oc1cc2c3cc(OC(=O)C=CCOCCCCCC)c(OC(=O)C=CCOCCCCCC)cc3c3cc(OC(=O)C=CCOCCCCCC)c(OC(=O)C=CCOCCCCCC)cc3c2cc1OC(=O)C=CCOCCCCCC. The lowest BCUT2D eigenvalue weighted by Gasteiger charge is -2.18. The maximum Gasteiger partial charge on any atom is 0.336 e. The molecule has 0 aliphatic carbocycles. The van der Waals surface area contributed by atoms with Gasteiger partial charge in [0.25, 0.3) is 0 Å². The van der Waals surface area contributed by atoms with Gasteiger partial charge in [0.05, 0.1) is 39.6 Å². The highest BCUT2D eigenvalue weighted by molar-refractivity contribution is 6.27. The Labute approximate surface area is 570 Å². The number of hydrogen-bond acceptors (Lipinski definition) is 18. The smallest absolute Gasteiger partial charge is 0.336 e. The van der Waals surface area contributed by atoms with Gasteiger partial charge < -0.3 is 56.8 Å². The molecule has 0 unspecified atom stereocenters. The van der Waals surface area contributed by atoms with Crippen LogP contribution in [0.2, 0.25) is 0 Å². The second-order valence-electron chi connectivity index (χ2n) is 23.3. The molecular weight excluding hydrogens is 1220 g/mol. The Morgan fingerprint density at radius 3 is 0.510 bits per heavy atom. The number of hydrogen-bond donors (Lipinski definition) is 0. The van der Waals surface area contributed by atoms with E-state index in [1.807, 2.05) is 0 Å². The van der Waals surface area contributed by atoms with Gasteiger partial charge >= 0.3 is 35.8 Å². The molecule has 0 aliphatic heterocycles. The van der Waals surface area contributed by atoms with Crippen molar-refractivity contribution in [2.45, 2.75) is 196 Å². The third-order valence-corrected chi connectivity index (χ3v) is 15.0. The highest BCUT2D eigenvalue weighted by Gasteiger charge is 2.24. The maximum absolute atomic E-state index is 13.8. The number of benzene rings is 4. The van der Waals surface area contributed by atoms with E-state index in [2.05, 4.69) is 41.5 Å². The van der Waals surface area contributed by atoms with Crippen molar-refractivity contribution in [2.75, 3.05) is 79.3 Å². The molecule has 0 radical (unpaired) electrons. The molecule has 0 saturated heterocycles. The molecule has 0 spiro atoms. The monoisotopic (exact) mass is 1330 g/mol. The average molecular weight is 1330 g/mol. The predicted octanol–water partition coefficient (Wildman–Crippen LogP) is 17.5. The first-order valence-corrected chi connectivity index (χ1v) is 35.3. The Balaban J connectivity index is 2.04. The van der Waals surface area contributed by atoms with Gasteiger partial charge in [-0.1, -0.05) is 194 Å². The summed E-state index contributed by atoms with van der Waals surface area (Å²) in [4.78, 5) is 83.1. The first-order chi connectivity index (χ1) is 47.0. The van der Waals surface area contributed by atoms with Crippen LogP contribution >= 0.6 is 0 Å². The normalized spacial score (nSPS) is 11.9. The number of rotatable bonds is 54. The van der Waals surface area contributed by atoms with Crippen LogP contribution in [0.5, 0.6) is 34.5 Å². The lowest BCUT2D eigenvalue weighted by molar-refractivity contribution is -0.131. The zero-order valence-electron chi connectivity index (χ0n) is 58.2. The summed E-state index contributed by atoms with van der Waals surface area (Å²) in [5, 5.41) is 1.92. The minimum atomic E-state index is -0.822. The molecule has 18 nitrogen and oxygen atoms in total. The number of carbonyl (C=O) groups excluding carboxylic acids is 6. The van der Waals surface area contributed by atoms with Crippen LogP contribution in [0.1, 0.15) is 196 Å². The summed E-state index contributed by atoms with van der Waals surface area (Å²) in [5.41, 5.74) is 0. The summed E-state index contributed by atoms with van der Waals surface area (Å²) in [7, 11) is 0. The lowest BCUT2D eigenvalue weighted by Crippen LogP contribution is -2.11. The van der Waals surface area contributed by atoms with Crippen molar-refractivity contribution in [3.8, 4) is 34.5 Å². The maximum atomic E-state index is 13.8. The molecule has 0 bridgehead atoms. The van der Waals surface area contributed by atoms with Gasteiger partial charge in [0.2, 0.25) is 0 Å². The van der Waals surface area contributed by atoms with E-state index in [-0.39, 0.29) is 74.1 Å². The summed E-state index contributed by atoms with van der Waals surface area (Å²) in [5.74, 6) is -6.08. The van der Waals surface area contributed by atoms with Crippen molar-refractivity contribution >= 4 is 68.1 Å². The second kappa shape index (κ2) is 51.9. The first kappa shape index (κ1) is 81.1. The molecular formula is C78H108O18. The van der Waals surface area contributed by atoms with Crippen LogP contribution in [0.25, 0.3) is 32.3 Å². The molecule has 0 saturated carbocycles. The summed E-state index contributed by atoms with van der Waals surface area (Å²) in [6.07, 6.45) is 40.8. The molecule has 4 aromatic carbocycles. The van der Waals surface area contributed by atoms with Crippen molar-refractivity contribution < 1.29 is 85.6 Å². The molecule has 0 atom stereocenters. The van der Waals surface area contributed by atoms with E-state index in [1.54, 1.807) is 0 Å². The van der Waals surface area contributed by atoms with Gasteiger partial charge in [-0.05, 0) is 107 Å². The summed E-state index contributed by atoms with van der Waals surface area (Å²) in [6.45, 7) is 16.7. The Morgan fingerprint density at radius 2 is 0.375 bits per heavy atom. The zero-order chi connectivity index (χ0) is 69.1. The van der Waals surface area contributed by atoms with Crippen molar-refractivity contribution in [3.05, 3.63) is 109 Å². The Bertz CT molecular complexity index is 2570. The predicted molar refractivity (Wildman–Crippen MR) is 377 cm³/mol. The van der Waals surface area contributed by atoms with Crippen LogP contribution in [0.3, 0.4) is 0 Å². The van der Waals surface area contributed by atoms with Gasteiger partial charge in [-0.3, -0.25) is 0 Å². The largest absolute Gasteiger partial charge is 0.419 e. The lowest BCUT2D eigenvalue weighted by atomic mass is 9.93. The third kappa shape index (κ3) is 34.1. The van der Waals surface area contributed by atoms with E-state index in [9.17, 15) is 28.8 Å². The Hall–Kier alpha value is -7.32. The van der Waals surface area contributed by atoms with Gasteiger partial charge in [0.15, 0.2) is 34.5 Å². The van der Waals surface area contributed by atoms with Crippen LogP contribution in [0, 0.1) is 0 Å². The number of unbranched alkanes of at least 4 members (excludes halogenated alkanes) is 18. The highest BCUT2D eigenvalue weighted by atomic mass is 16.6. The van der Waals surface area contributed by atoms with Crippen LogP contribution in [-0.2, 0) is 57.2 Å². The van der Waals surface area contributed by atoms with Gasteiger partial charge in [0.1, 0.15) is 0 Å². The molecule has 18 heteroatoms. The van der Waals surface area contributed by atoms with Gasteiger partial charge in [-0.15, -0.1) is 0 Å². The second-order valence-corrected chi connectivity index (χ2v) is 23.3.